The third-order valence-corrected chi connectivity index (χ3v) is 4.21. The number of halogens is 1. The van der Waals surface area contributed by atoms with E-state index in [4.69, 9.17) is 5.11 Å². The molecule has 146 valence electrons. The van der Waals surface area contributed by atoms with Crippen molar-refractivity contribution >= 4 is 17.3 Å². The predicted octanol–water partition coefficient (Wildman–Crippen LogP) is 2.65. The molecule has 0 saturated heterocycles. The molecule has 0 saturated carbocycles. The van der Waals surface area contributed by atoms with Gasteiger partial charge in [-0.2, -0.15) is 0 Å². The molecule has 0 aliphatic carbocycles. The summed E-state index contributed by atoms with van der Waals surface area (Å²) in [5.41, 5.74) is 2.69. The molecular formula is C20H26FN3O3. The third-order valence-electron chi connectivity index (χ3n) is 4.21. The summed E-state index contributed by atoms with van der Waals surface area (Å²) >= 11 is 0. The first-order valence-corrected chi connectivity index (χ1v) is 9.08. The minimum Gasteiger partial charge on any atom is -0.394 e. The maximum absolute atomic E-state index is 14.1. The van der Waals surface area contributed by atoms with Crippen LogP contribution in [-0.2, 0) is 6.42 Å². The van der Waals surface area contributed by atoms with Crippen molar-refractivity contribution in [1.82, 2.24) is 9.88 Å². The van der Waals surface area contributed by atoms with Gasteiger partial charge in [-0.1, -0.05) is 19.9 Å². The molecule has 0 fully saturated rings. The molecule has 7 heteroatoms. The molecule has 2 heterocycles. The number of hydrogen-bond donors (Lipinski definition) is 3. The fourth-order valence-corrected chi connectivity index (χ4v) is 2.91. The molecule has 0 bridgehead atoms. The predicted molar refractivity (Wildman–Crippen MR) is 103 cm³/mol. The van der Waals surface area contributed by atoms with Gasteiger partial charge in [0.2, 0.25) is 0 Å². The summed E-state index contributed by atoms with van der Waals surface area (Å²) < 4.78 is 14.1. The number of β-amino-alcohol motifs (C(OH)–C–C–N with tert-alkyl or cyclic N) is 1. The monoisotopic (exact) mass is 375 g/mol. The summed E-state index contributed by atoms with van der Waals surface area (Å²) in [7, 11) is 0. The van der Waals surface area contributed by atoms with Crippen LogP contribution < -0.4 is 5.32 Å². The first kappa shape index (κ1) is 20.8. The number of aromatic nitrogens is 1. The van der Waals surface area contributed by atoms with Gasteiger partial charge in [0.1, 0.15) is 5.82 Å². The fourth-order valence-electron chi connectivity index (χ4n) is 2.91. The molecule has 1 aliphatic heterocycles. The number of benzene rings is 1. The number of rotatable bonds is 5. The van der Waals surface area contributed by atoms with Crippen LogP contribution in [0.1, 0.15) is 35.3 Å². The first-order chi connectivity index (χ1) is 13.0. The summed E-state index contributed by atoms with van der Waals surface area (Å²) in [6, 6.07) is 4.81. The second-order valence-electron chi connectivity index (χ2n) is 6.17. The highest BCUT2D eigenvalue weighted by molar-refractivity contribution is 6.02. The number of carbonyl (C=O) groups is 1. The smallest absolute Gasteiger partial charge is 0.256 e. The number of amides is 1. The Morgan fingerprint density at radius 1 is 1.30 bits per heavy atom. The fraction of sp³-hybridized carbons (Fsp3) is 0.400. The number of aliphatic hydroxyl groups excluding tert-OH is 2. The van der Waals surface area contributed by atoms with Crippen molar-refractivity contribution in [3.63, 3.8) is 0 Å². The molecule has 27 heavy (non-hydrogen) atoms. The first-order valence-electron chi connectivity index (χ1n) is 9.08. The molecule has 1 amide bonds. The molecule has 1 aliphatic rings. The van der Waals surface area contributed by atoms with Crippen LogP contribution in [-0.4, -0.2) is 51.8 Å². The average Bonchev–Trinajstić information content (AvgIpc) is 2.67. The SMILES string of the molecule is CC.Cc1ccc(Nc2cncc3c2C(=O)N(CC(O)CO)CC3)c(F)c1. The summed E-state index contributed by atoms with van der Waals surface area (Å²) in [6.07, 6.45) is 2.71. The quantitative estimate of drug-likeness (QED) is 0.748. The van der Waals surface area contributed by atoms with Gasteiger partial charge in [0.05, 0.1) is 35.8 Å². The van der Waals surface area contributed by atoms with Gasteiger partial charge in [-0.25, -0.2) is 4.39 Å². The van der Waals surface area contributed by atoms with E-state index in [1.807, 2.05) is 13.8 Å². The second kappa shape index (κ2) is 9.43. The molecule has 0 spiro atoms. The Kier molecular flexibility index (Phi) is 7.27. The zero-order chi connectivity index (χ0) is 20.0. The number of anilines is 2. The molecule has 1 aromatic heterocycles. The van der Waals surface area contributed by atoms with Crippen LogP contribution in [0.3, 0.4) is 0 Å². The van der Waals surface area contributed by atoms with E-state index >= 15 is 0 Å². The molecule has 1 atom stereocenters. The lowest BCUT2D eigenvalue weighted by molar-refractivity contribution is 0.0445. The van der Waals surface area contributed by atoms with E-state index in [1.54, 1.807) is 25.3 Å². The Balaban J connectivity index is 0.00000126. The van der Waals surface area contributed by atoms with Crippen molar-refractivity contribution in [2.45, 2.75) is 33.3 Å². The minimum absolute atomic E-state index is 0.0510. The lowest BCUT2D eigenvalue weighted by Crippen LogP contribution is -2.43. The molecule has 1 aromatic carbocycles. The topological polar surface area (TPSA) is 85.7 Å². The van der Waals surface area contributed by atoms with Gasteiger partial charge < -0.3 is 20.4 Å². The highest BCUT2D eigenvalue weighted by atomic mass is 19.1. The number of aliphatic hydroxyl groups is 2. The Bertz CT molecular complexity index is 798. The molecule has 1 unspecified atom stereocenters. The van der Waals surface area contributed by atoms with Crippen molar-refractivity contribution < 1.29 is 19.4 Å². The summed E-state index contributed by atoms with van der Waals surface area (Å²) in [4.78, 5) is 18.4. The highest BCUT2D eigenvalue weighted by Gasteiger charge is 2.28. The zero-order valence-electron chi connectivity index (χ0n) is 15.9. The Morgan fingerprint density at radius 3 is 2.70 bits per heavy atom. The number of pyridine rings is 1. The number of nitrogens with zero attached hydrogens (tertiary/aromatic N) is 2. The van der Waals surface area contributed by atoms with E-state index in [-0.39, 0.29) is 18.1 Å². The van der Waals surface area contributed by atoms with E-state index in [1.165, 1.54) is 17.2 Å². The Labute approximate surface area is 158 Å². The van der Waals surface area contributed by atoms with Gasteiger partial charge >= 0.3 is 0 Å². The molecule has 2 aromatic rings. The number of carbonyl (C=O) groups excluding carboxylic acids is 1. The molecule has 3 rings (SSSR count). The van der Waals surface area contributed by atoms with E-state index in [0.29, 0.717) is 24.2 Å². The second-order valence-corrected chi connectivity index (χ2v) is 6.17. The molecule has 6 nitrogen and oxygen atoms in total. The van der Waals surface area contributed by atoms with Crippen LogP contribution in [0.15, 0.2) is 30.6 Å². The van der Waals surface area contributed by atoms with Crippen LogP contribution in [0.5, 0.6) is 0 Å². The summed E-state index contributed by atoms with van der Waals surface area (Å²) in [5, 5.41) is 21.6. The van der Waals surface area contributed by atoms with Crippen LogP contribution in [0.4, 0.5) is 15.8 Å². The summed E-state index contributed by atoms with van der Waals surface area (Å²) in [6.45, 7) is 5.88. The van der Waals surface area contributed by atoms with Crippen molar-refractivity contribution in [3.05, 3.63) is 53.1 Å². The van der Waals surface area contributed by atoms with E-state index in [0.717, 1.165) is 11.1 Å². The van der Waals surface area contributed by atoms with E-state index in [9.17, 15) is 14.3 Å². The van der Waals surface area contributed by atoms with Gasteiger partial charge in [0.25, 0.3) is 5.91 Å². The summed E-state index contributed by atoms with van der Waals surface area (Å²) in [5.74, 6) is -0.681. The van der Waals surface area contributed by atoms with E-state index < -0.39 is 18.5 Å². The van der Waals surface area contributed by atoms with Gasteiger partial charge in [0, 0.05) is 19.3 Å². The van der Waals surface area contributed by atoms with Crippen LogP contribution in [0, 0.1) is 12.7 Å². The molecule has 3 N–H and O–H groups in total. The van der Waals surface area contributed by atoms with Gasteiger partial charge in [-0.05, 0) is 36.6 Å². The van der Waals surface area contributed by atoms with Crippen molar-refractivity contribution in [2.24, 2.45) is 0 Å². The lowest BCUT2D eigenvalue weighted by atomic mass is 9.99. The van der Waals surface area contributed by atoms with Crippen LogP contribution in [0.25, 0.3) is 0 Å². The maximum Gasteiger partial charge on any atom is 0.256 e. The van der Waals surface area contributed by atoms with Crippen molar-refractivity contribution in [1.29, 1.82) is 0 Å². The van der Waals surface area contributed by atoms with Gasteiger partial charge in [0.15, 0.2) is 0 Å². The molecule has 0 radical (unpaired) electrons. The maximum atomic E-state index is 14.1. The number of aryl methyl sites for hydroxylation is 1. The van der Waals surface area contributed by atoms with Crippen molar-refractivity contribution in [3.8, 4) is 0 Å². The average molecular weight is 375 g/mol. The number of fused-ring (bicyclic) bond motifs is 1. The largest absolute Gasteiger partial charge is 0.394 e. The van der Waals surface area contributed by atoms with E-state index in [2.05, 4.69) is 10.3 Å². The normalized spacial score (nSPS) is 14.1. The Morgan fingerprint density at radius 2 is 2.04 bits per heavy atom. The highest BCUT2D eigenvalue weighted by Crippen LogP contribution is 2.29. The van der Waals surface area contributed by atoms with Crippen LogP contribution in [0.2, 0.25) is 0 Å². The Hall–Kier alpha value is -2.51. The van der Waals surface area contributed by atoms with Gasteiger partial charge in [-0.15, -0.1) is 0 Å². The van der Waals surface area contributed by atoms with Crippen molar-refractivity contribution in [2.75, 3.05) is 25.0 Å². The lowest BCUT2D eigenvalue weighted by Gasteiger charge is -2.31. The molecular weight excluding hydrogens is 349 g/mol. The third kappa shape index (κ3) is 4.81. The zero-order valence-corrected chi connectivity index (χ0v) is 15.9. The van der Waals surface area contributed by atoms with Crippen LogP contribution >= 0.6 is 0 Å². The standard InChI is InChI=1S/C18H20FN3O3.C2H6/c1-11-2-3-15(14(19)6-11)21-16-8-20-7-12-4-5-22(9-13(24)10-23)18(25)17(12)16;1-2/h2-3,6-8,13,21,23-24H,4-5,9-10H2,1H3;1-2H3. The minimum atomic E-state index is -0.988. The number of hydrogen-bond acceptors (Lipinski definition) is 5. The number of nitrogens with one attached hydrogen (secondary N) is 1. The van der Waals surface area contributed by atoms with Gasteiger partial charge in [-0.3, -0.25) is 9.78 Å².